The van der Waals surface area contributed by atoms with Crippen LogP contribution in [-0.2, 0) is 4.74 Å². The Hall–Kier alpha value is -0.780. The molecule has 0 bridgehead atoms. The number of hydrogen-bond donors (Lipinski definition) is 2. The molecule has 1 saturated carbocycles. The van der Waals surface area contributed by atoms with Crippen LogP contribution in [0, 0.1) is 5.92 Å². The highest BCUT2D eigenvalue weighted by molar-refractivity contribution is 9.10. The lowest BCUT2D eigenvalue weighted by Gasteiger charge is -2.14. The van der Waals surface area contributed by atoms with Gasteiger partial charge in [-0.15, -0.1) is 0 Å². The van der Waals surface area contributed by atoms with Crippen molar-refractivity contribution in [1.29, 1.82) is 0 Å². The lowest BCUT2D eigenvalue weighted by molar-refractivity contribution is 0.0386. The topological polar surface area (TPSA) is 50.7 Å². The molecule has 0 radical (unpaired) electrons. The molecule has 0 aromatic heterocycles. The Bertz CT molecular complexity index is 410. The van der Waals surface area contributed by atoms with Gasteiger partial charge in [0.1, 0.15) is 5.75 Å². The maximum Gasteiger partial charge on any atom is 0.133 e. The van der Waals surface area contributed by atoms with Crippen molar-refractivity contribution in [2.24, 2.45) is 5.92 Å². The van der Waals surface area contributed by atoms with Crippen molar-refractivity contribution >= 4 is 21.6 Å². The fourth-order valence-corrected chi connectivity index (χ4v) is 2.27. The minimum Gasteiger partial charge on any atom is -0.496 e. The molecule has 1 atom stereocenters. The van der Waals surface area contributed by atoms with E-state index in [0.29, 0.717) is 13.2 Å². The SMILES string of the molecule is COc1ccc(NCC(O)COCC2CC2)cc1Br. The van der Waals surface area contributed by atoms with Gasteiger partial charge in [0.25, 0.3) is 0 Å². The van der Waals surface area contributed by atoms with E-state index in [1.54, 1.807) is 7.11 Å². The second kappa shape index (κ2) is 7.12. The molecule has 106 valence electrons. The Morgan fingerprint density at radius 1 is 1.47 bits per heavy atom. The molecule has 19 heavy (non-hydrogen) atoms. The second-order valence-electron chi connectivity index (χ2n) is 4.86. The quantitative estimate of drug-likeness (QED) is 0.769. The molecule has 5 heteroatoms. The Morgan fingerprint density at radius 2 is 2.26 bits per heavy atom. The van der Waals surface area contributed by atoms with Crippen molar-refractivity contribution in [2.45, 2.75) is 18.9 Å². The number of nitrogens with one attached hydrogen (secondary N) is 1. The third kappa shape index (κ3) is 5.01. The van der Waals surface area contributed by atoms with Gasteiger partial charge in [-0.2, -0.15) is 0 Å². The zero-order valence-corrected chi connectivity index (χ0v) is 12.6. The molecule has 0 saturated heterocycles. The zero-order valence-electron chi connectivity index (χ0n) is 11.1. The average molecular weight is 330 g/mol. The van der Waals surface area contributed by atoms with Crippen LogP contribution in [0.3, 0.4) is 0 Å². The van der Waals surface area contributed by atoms with Gasteiger partial charge in [-0.1, -0.05) is 0 Å². The third-order valence-electron chi connectivity index (χ3n) is 3.05. The highest BCUT2D eigenvalue weighted by atomic mass is 79.9. The normalized spacial score (nSPS) is 16.2. The third-order valence-corrected chi connectivity index (χ3v) is 3.67. The summed E-state index contributed by atoms with van der Waals surface area (Å²) in [6.45, 7) is 1.65. The van der Waals surface area contributed by atoms with E-state index in [9.17, 15) is 5.11 Å². The fraction of sp³-hybridized carbons (Fsp3) is 0.571. The first-order valence-corrected chi connectivity index (χ1v) is 7.31. The molecule has 2 N–H and O–H groups in total. The number of methoxy groups -OCH3 is 1. The van der Waals surface area contributed by atoms with Gasteiger partial charge < -0.3 is 19.9 Å². The van der Waals surface area contributed by atoms with E-state index in [1.807, 2.05) is 18.2 Å². The predicted molar refractivity (Wildman–Crippen MR) is 78.7 cm³/mol. The lowest BCUT2D eigenvalue weighted by atomic mass is 10.3. The number of benzene rings is 1. The number of ether oxygens (including phenoxy) is 2. The van der Waals surface area contributed by atoms with Gasteiger partial charge in [0.05, 0.1) is 24.3 Å². The Morgan fingerprint density at radius 3 is 2.89 bits per heavy atom. The Balaban J connectivity index is 1.69. The van der Waals surface area contributed by atoms with Crippen LogP contribution >= 0.6 is 15.9 Å². The largest absolute Gasteiger partial charge is 0.496 e. The molecule has 1 unspecified atom stereocenters. The standard InChI is InChI=1S/C14H20BrNO3/c1-18-14-5-4-11(6-13(14)15)16-7-12(17)9-19-8-10-2-3-10/h4-6,10,12,16-17H,2-3,7-9H2,1H3. The summed E-state index contributed by atoms with van der Waals surface area (Å²) in [6, 6.07) is 5.72. The molecule has 1 aliphatic rings. The van der Waals surface area contributed by atoms with Crippen LogP contribution < -0.4 is 10.1 Å². The summed E-state index contributed by atoms with van der Waals surface area (Å²) < 4.78 is 11.5. The molecule has 0 spiro atoms. The molecule has 1 aromatic carbocycles. The number of anilines is 1. The Labute approximate surface area is 122 Å². The molecular formula is C14H20BrNO3. The highest BCUT2D eigenvalue weighted by Crippen LogP contribution is 2.29. The van der Waals surface area contributed by atoms with Crippen LogP contribution in [0.25, 0.3) is 0 Å². The second-order valence-corrected chi connectivity index (χ2v) is 5.72. The summed E-state index contributed by atoms with van der Waals surface area (Å²) in [5, 5.41) is 13.0. The molecule has 1 aromatic rings. The van der Waals surface area contributed by atoms with E-state index in [1.165, 1.54) is 12.8 Å². The van der Waals surface area contributed by atoms with Gasteiger partial charge in [0.2, 0.25) is 0 Å². The van der Waals surface area contributed by atoms with Gasteiger partial charge in [0, 0.05) is 18.8 Å². The van der Waals surface area contributed by atoms with Gasteiger partial charge >= 0.3 is 0 Å². The number of rotatable bonds is 8. The van der Waals surface area contributed by atoms with Gasteiger partial charge in [-0.25, -0.2) is 0 Å². The molecule has 4 nitrogen and oxygen atoms in total. The Kier molecular flexibility index (Phi) is 5.48. The molecule has 2 rings (SSSR count). The molecule has 1 aliphatic carbocycles. The van der Waals surface area contributed by atoms with Crippen LogP contribution in [0.4, 0.5) is 5.69 Å². The average Bonchev–Trinajstić information content (AvgIpc) is 3.20. The monoisotopic (exact) mass is 329 g/mol. The highest BCUT2D eigenvalue weighted by Gasteiger charge is 2.21. The van der Waals surface area contributed by atoms with Crippen LogP contribution in [0.5, 0.6) is 5.75 Å². The minimum absolute atomic E-state index is 0.390. The van der Waals surface area contributed by atoms with Crippen molar-refractivity contribution in [1.82, 2.24) is 0 Å². The number of aliphatic hydroxyl groups excluding tert-OH is 1. The molecule has 0 aliphatic heterocycles. The smallest absolute Gasteiger partial charge is 0.133 e. The first kappa shape index (κ1) is 14.6. The van der Waals surface area contributed by atoms with Gasteiger partial charge in [-0.05, 0) is 52.9 Å². The molecule has 0 amide bonds. The van der Waals surface area contributed by atoms with Crippen LogP contribution in [-0.4, -0.2) is 38.1 Å². The summed E-state index contributed by atoms with van der Waals surface area (Å²) in [5.74, 6) is 1.52. The number of aliphatic hydroxyl groups is 1. The summed E-state index contributed by atoms with van der Waals surface area (Å²) in [6.07, 6.45) is 2.06. The predicted octanol–water partition coefficient (Wildman–Crippen LogP) is 2.66. The summed E-state index contributed by atoms with van der Waals surface area (Å²) in [5.41, 5.74) is 0.939. The van der Waals surface area contributed by atoms with Crippen LogP contribution in [0.1, 0.15) is 12.8 Å². The van der Waals surface area contributed by atoms with Crippen molar-refractivity contribution in [2.75, 3.05) is 32.2 Å². The number of halogens is 1. The van der Waals surface area contributed by atoms with Crippen molar-refractivity contribution in [3.8, 4) is 5.75 Å². The number of hydrogen-bond acceptors (Lipinski definition) is 4. The van der Waals surface area contributed by atoms with Crippen LogP contribution in [0.2, 0.25) is 0 Å². The van der Waals surface area contributed by atoms with E-state index < -0.39 is 6.10 Å². The zero-order chi connectivity index (χ0) is 13.7. The van der Waals surface area contributed by atoms with E-state index >= 15 is 0 Å². The van der Waals surface area contributed by atoms with Crippen molar-refractivity contribution in [3.05, 3.63) is 22.7 Å². The first-order valence-electron chi connectivity index (χ1n) is 6.52. The van der Waals surface area contributed by atoms with E-state index in [4.69, 9.17) is 9.47 Å². The summed E-state index contributed by atoms with van der Waals surface area (Å²) >= 11 is 3.43. The van der Waals surface area contributed by atoms with E-state index in [2.05, 4.69) is 21.2 Å². The van der Waals surface area contributed by atoms with E-state index in [-0.39, 0.29) is 0 Å². The molecular weight excluding hydrogens is 310 g/mol. The van der Waals surface area contributed by atoms with Gasteiger partial charge in [-0.3, -0.25) is 0 Å². The van der Waals surface area contributed by atoms with Crippen LogP contribution in [0.15, 0.2) is 22.7 Å². The molecule has 0 heterocycles. The van der Waals surface area contributed by atoms with E-state index in [0.717, 1.165) is 28.4 Å². The summed E-state index contributed by atoms with van der Waals surface area (Å²) in [4.78, 5) is 0. The molecule has 1 fully saturated rings. The lowest BCUT2D eigenvalue weighted by Crippen LogP contribution is -2.25. The maximum atomic E-state index is 9.79. The van der Waals surface area contributed by atoms with Crippen molar-refractivity contribution < 1.29 is 14.6 Å². The maximum absolute atomic E-state index is 9.79. The fourth-order valence-electron chi connectivity index (χ4n) is 1.73. The van der Waals surface area contributed by atoms with Crippen molar-refractivity contribution in [3.63, 3.8) is 0 Å². The first-order chi connectivity index (χ1) is 9.19. The summed E-state index contributed by atoms with van der Waals surface area (Å²) in [7, 11) is 1.63. The van der Waals surface area contributed by atoms with Gasteiger partial charge in [0.15, 0.2) is 0 Å². The minimum atomic E-state index is -0.486.